The average molecular weight is 446 g/mol. The van der Waals surface area contributed by atoms with Gasteiger partial charge < -0.3 is 5.11 Å². The molecule has 10 heteroatoms. The third-order valence-corrected chi connectivity index (χ3v) is 6.58. The van der Waals surface area contributed by atoms with Crippen LogP contribution in [0.1, 0.15) is 16.1 Å². The van der Waals surface area contributed by atoms with E-state index >= 15 is 0 Å². The number of aliphatic hydroxyl groups excluding tert-OH is 1. The molecule has 0 aliphatic rings. The second kappa shape index (κ2) is 7.59. The maximum atomic E-state index is 11.2. The van der Waals surface area contributed by atoms with Crippen molar-refractivity contribution < 1.29 is 18.1 Å². The lowest BCUT2D eigenvalue weighted by atomic mass is 10.1. The maximum Gasteiger partial charge on any atom is 0.304 e. The highest BCUT2D eigenvalue weighted by Crippen LogP contribution is 2.24. The van der Waals surface area contributed by atoms with Crippen LogP contribution in [-0.2, 0) is 16.7 Å². The topological polar surface area (TPSA) is 105 Å². The standard InChI is InChI=1S/C19H12ClN3O4S2/c20-14-4-1-12(2-5-14)17-9-15(11-24)23-19(22-17)13(10-21-23)3-6-16-7-8-18(28-16)29(25,26)27/h1-2,4-5,7-10,24H,11H2,(H,25,26,27). The second-order valence-corrected chi connectivity index (χ2v) is 9.10. The molecule has 7 nitrogen and oxygen atoms in total. The van der Waals surface area contributed by atoms with E-state index in [1.807, 2.05) is 12.1 Å². The first-order valence-corrected chi connectivity index (χ1v) is 10.8. The second-order valence-electron chi connectivity index (χ2n) is 5.94. The quantitative estimate of drug-likeness (QED) is 0.370. The number of nitrogens with zero attached hydrogens (tertiary/aromatic N) is 3. The number of aromatic nitrogens is 3. The van der Waals surface area contributed by atoms with E-state index in [0.29, 0.717) is 32.5 Å². The van der Waals surface area contributed by atoms with E-state index in [1.54, 1.807) is 18.2 Å². The van der Waals surface area contributed by atoms with E-state index in [4.69, 9.17) is 16.2 Å². The van der Waals surface area contributed by atoms with Gasteiger partial charge in [0.2, 0.25) is 0 Å². The van der Waals surface area contributed by atoms with Crippen LogP contribution in [0.4, 0.5) is 0 Å². The zero-order valence-electron chi connectivity index (χ0n) is 14.6. The summed E-state index contributed by atoms with van der Waals surface area (Å²) in [4.78, 5) is 5.08. The smallest absolute Gasteiger partial charge is 0.304 e. The van der Waals surface area contributed by atoms with Gasteiger partial charge in [-0.15, -0.1) is 11.3 Å². The van der Waals surface area contributed by atoms with Crippen LogP contribution < -0.4 is 0 Å². The van der Waals surface area contributed by atoms with Crippen LogP contribution >= 0.6 is 22.9 Å². The molecule has 0 spiro atoms. The molecule has 4 rings (SSSR count). The van der Waals surface area contributed by atoms with E-state index in [1.165, 1.54) is 22.8 Å². The van der Waals surface area contributed by atoms with E-state index in [9.17, 15) is 13.5 Å². The summed E-state index contributed by atoms with van der Waals surface area (Å²) in [7, 11) is -4.25. The van der Waals surface area contributed by atoms with Crippen molar-refractivity contribution in [3.05, 3.63) is 69.8 Å². The van der Waals surface area contributed by atoms with Gasteiger partial charge in [-0.05, 0) is 30.3 Å². The minimum absolute atomic E-state index is 0.174. The van der Waals surface area contributed by atoms with Crippen molar-refractivity contribution in [1.82, 2.24) is 14.6 Å². The predicted molar refractivity (Wildman–Crippen MR) is 109 cm³/mol. The summed E-state index contributed by atoms with van der Waals surface area (Å²) in [6, 6.07) is 11.7. The molecule has 3 aromatic heterocycles. The molecule has 146 valence electrons. The van der Waals surface area contributed by atoms with Gasteiger partial charge in [-0.25, -0.2) is 9.50 Å². The predicted octanol–water partition coefficient (Wildman–Crippen LogP) is 3.25. The summed E-state index contributed by atoms with van der Waals surface area (Å²) < 4.78 is 32.8. The Labute approximate surface area is 175 Å². The van der Waals surface area contributed by atoms with Gasteiger partial charge >= 0.3 is 10.1 Å². The lowest BCUT2D eigenvalue weighted by molar-refractivity contribution is 0.273. The number of rotatable bonds is 3. The molecule has 29 heavy (non-hydrogen) atoms. The van der Waals surface area contributed by atoms with Crippen molar-refractivity contribution in [2.45, 2.75) is 10.8 Å². The maximum absolute atomic E-state index is 11.2. The molecule has 0 aliphatic heterocycles. The van der Waals surface area contributed by atoms with Crippen LogP contribution in [0, 0.1) is 11.8 Å². The van der Waals surface area contributed by atoms with E-state index in [0.717, 1.165) is 16.9 Å². The lowest BCUT2D eigenvalue weighted by Gasteiger charge is -2.06. The van der Waals surface area contributed by atoms with Gasteiger partial charge in [0.25, 0.3) is 0 Å². The molecule has 0 bridgehead atoms. The van der Waals surface area contributed by atoms with Crippen LogP contribution in [0.15, 0.2) is 52.9 Å². The van der Waals surface area contributed by atoms with Crippen molar-refractivity contribution in [3.8, 4) is 23.1 Å². The molecule has 0 amide bonds. The Balaban J connectivity index is 1.79. The molecule has 0 aliphatic carbocycles. The summed E-state index contributed by atoms with van der Waals surface area (Å²) in [5.74, 6) is 5.78. The molecule has 3 heterocycles. The molecule has 0 saturated carbocycles. The van der Waals surface area contributed by atoms with Gasteiger partial charge in [0.05, 0.1) is 34.6 Å². The van der Waals surface area contributed by atoms with Crippen molar-refractivity contribution in [2.75, 3.05) is 0 Å². The first-order valence-electron chi connectivity index (χ1n) is 8.19. The Morgan fingerprint density at radius 3 is 2.55 bits per heavy atom. The van der Waals surface area contributed by atoms with Gasteiger partial charge in [0.1, 0.15) is 4.21 Å². The molecule has 0 atom stereocenters. The molecule has 0 fully saturated rings. The first-order chi connectivity index (χ1) is 13.8. The van der Waals surface area contributed by atoms with Crippen molar-refractivity contribution in [1.29, 1.82) is 0 Å². The number of halogens is 1. The molecule has 0 radical (unpaired) electrons. The minimum Gasteiger partial charge on any atom is -0.390 e. The first kappa shape index (κ1) is 19.6. The van der Waals surface area contributed by atoms with E-state index < -0.39 is 10.1 Å². The van der Waals surface area contributed by atoms with Gasteiger partial charge in [-0.2, -0.15) is 13.5 Å². The lowest BCUT2D eigenvalue weighted by Crippen LogP contribution is -2.02. The van der Waals surface area contributed by atoms with Gasteiger partial charge in [0, 0.05) is 10.6 Å². The van der Waals surface area contributed by atoms with Crippen molar-refractivity contribution in [2.24, 2.45) is 0 Å². The zero-order chi connectivity index (χ0) is 20.6. The number of hydrogen-bond donors (Lipinski definition) is 2. The van der Waals surface area contributed by atoms with E-state index in [2.05, 4.69) is 21.9 Å². The monoisotopic (exact) mass is 445 g/mol. The third-order valence-electron chi connectivity index (χ3n) is 4.00. The average Bonchev–Trinajstić information content (AvgIpc) is 3.33. The summed E-state index contributed by atoms with van der Waals surface area (Å²) in [5, 5.41) is 14.6. The van der Waals surface area contributed by atoms with Crippen LogP contribution in [0.5, 0.6) is 0 Å². The summed E-state index contributed by atoms with van der Waals surface area (Å²) in [6.07, 6.45) is 1.53. The number of aliphatic hydroxyl groups is 1. The Kier molecular flexibility index (Phi) is 5.12. The Morgan fingerprint density at radius 1 is 1.14 bits per heavy atom. The number of benzene rings is 1. The Morgan fingerprint density at radius 2 is 1.90 bits per heavy atom. The fourth-order valence-electron chi connectivity index (χ4n) is 2.65. The Hall–Kier alpha value is -2.74. The highest BCUT2D eigenvalue weighted by atomic mass is 35.5. The molecule has 0 saturated heterocycles. The molecule has 1 aromatic carbocycles. The molecule has 4 aromatic rings. The van der Waals surface area contributed by atoms with Crippen LogP contribution in [0.2, 0.25) is 5.02 Å². The summed E-state index contributed by atoms with van der Waals surface area (Å²) >= 11 is 6.81. The highest BCUT2D eigenvalue weighted by Gasteiger charge is 2.13. The largest absolute Gasteiger partial charge is 0.390 e. The summed E-state index contributed by atoms with van der Waals surface area (Å²) in [5.41, 5.74) is 2.96. The SMILES string of the molecule is O=S(=O)(O)c1ccc(C#Cc2cnn3c(CO)cc(-c4ccc(Cl)cc4)nc23)s1. The van der Waals surface area contributed by atoms with Gasteiger partial charge in [-0.1, -0.05) is 35.6 Å². The number of fused-ring (bicyclic) bond motifs is 1. The third kappa shape index (κ3) is 4.03. The zero-order valence-corrected chi connectivity index (χ0v) is 17.0. The minimum atomic E-state index is -4.25. The molecular formula is C19H12ClN3O4S2. The Bertz CT molecular complexity index is 1380. The van der Waals surface area contributed by atoms with E-state index in [-0.39, 0.29) is 10.8 Å². The normalized spacial score (nSPS) is 11.4. The molecule has 2 N–H and O–H groups in total. The molecule has 0 unspecified atom stereocenters. The van der Waals surface area contributed by atoms with Gasteiger partial charge in [-0.3, -0.25) is 4.55 Å². The summed E-state index contributed by atoms with van der Waals surface area (Å²) in [6.45, 7) is -0.239. The fourth-order valence-corrected chi connectivity index (χ4v) is 4.30. The highest BCUT2D eigenvalue weighted by molar-refractivity contribution is 7.88. The number of thiophene rings is 1. The van der Waals surface area contributed by atoms with Crippen LogP contribution in [0.25, 0.3) is 16.9 Å². The van der Waals surface area contributed by atoms with Crippen molar-refractivity contribution in [3.63, 3.8) is 0 Å². The molecular weight excluding hydrogens is 434 g/mol. The van der Waals surface area contributed by atoms with Crippen molar-refractivity contribution >= 4 is 38.7 Å². The number of hydrogen-bond acceptors (Lipinski definition) is 6. The van der Waals surface area contributed by atoms with Gasteiger partial charge in [0.15, 0.2) is 5.65 Å². The van der Waals surface area contributed by atoms with Crippen LogP contribution in [-0.4, -0.2) is 32.7 Å². The van der Waals surface area contributed by atoms with Crippen LogP contribution in [0.3, 0.4) is 0 Å². The fraction of sp³-hybridized carbons (Fsp3) is 0.0526.